The van der Waals surface area contributed by atoms with E-state index in [2.05, 4.69) is 10.6 Å². The molecule has 1 aliphatic carbocycles. The lowest BCUT2D eigenvalue weighted by molar-refractivity contribution is -0.124. The van der Waals surface area contributed by atoms with Gasteiger partial charge in [0.1, 0.15) is 11.6 Å². The average molecular weight is 284 g/mol. The highest BCUT2D eigenvalue weighted by Gasteiger charge is 2.27. The third kappa shape index (κ3) is 6.78. The molecule has 1 aliphatic rings. The normalized spacial score (nSPS) is 16.7. The Hall–Kier alpha value is -1.26. The zero-order valence-corrected chi connectivity index (χ0v) is 13.3. The second-order valence-corrected chi connectivity index (χ2v) is 6.89. The standard InChI is InChI=1S/C15H28N2O3/c1-10(2)12(17-14(19)20-15(3,4)5)13(18)16-9-8-11-6-7-11/h10-12H,6-9H2,1-5H3,(H,16,18)(H,17,19). The molecule has 2 N–H and O–H groups in total. The van der Waals surface area contributed by atoms with Crippen LogP contribution in [0.2, 0.25) is 0 Å². The summed E-state index contributed by atoms with van der Waals surface area (Å²) in [5.74, 6) is 0.668. The van der Waals surface area contributed by atoms with Crippen molar-refractivity contribution < 1.29 is 14.3 Å². The first-order chi connectivity index (χ1) is 9.19. The predicted octanol–water partition coefficient (Wildman–Crippen LogP) is 2.45. The zero-order valence-electron chi connectivity index (χ0n) is 13.3. The van der Waals surface area contributed by atoms with Crippen LogP contribution in [-0.2, 0) is 9.53 Å². The van der Waals surface area contributed by atoms with Crippen molar-refractivity contribution in [3.63, 3.8) is 0 Å². The zero-order chi connectivity index (χ0) is 15.3. The van der Waals surface area contributed by atoms with Crippen molar-refractivity contribution in [1.82, 2.24) is 10.6 Å². The van der Waals surface area contributed by atoms with Crippen LogP contribution in [0, 0.1) is 11.8 Å². The molecular weight excluding hydrogens is 256 g/mol. The summed E-state index contributed by atoms with van der Waals surface area (Å²) < 4.78 is 5.19. The molecule has 20 heavy (non-hydrogen) atoms. The number of carbonyl (C=O) groups excluding carboxylic acids is 2. The van der Waals surface area contributed by atoms with Gasteiger partial charge in [-0.25, -0.2) is 4.79 Å². The number of nitrogens with one attached hydrogen (secondary N) is 2. The van der Waals surface area contributed by atoms with Gasteiger partial charge in [0.25, 0.3) is 0 Å². The van der Waals surface area contributed by atoms with E-state index in [1.54, 1.807) is 20.8 Å². The number of carbonyl (C=O) groups is 2. The van der Waals surface area contributed by atoms with Gasteiger partial charge < -0.3 is 15.4 Å². The van der Waals surface area contributed by atoms with Gasteiger partial charge in [0.2, 0.25) is 5.91 Å². The largest absolute Gasteiger partial charge is 0.444 e. The highest BCUT2D eigenvalue weighted by atomic mass is 16.6. The maximum atomic E-state index is 12.1. The van der Waals surface area contributed by atoms with Gasteiger partial charge in [-0.3, -0.25) is 4.79 Å². The van der Waals surface area contributed by atoms with E-state index in [4.69, 9.17) is 4.74 Å². The van der Waals surface area contributed by atoms with E-state index in [1.165, 1.54) is 12.8 Å². The van der Waals surface area contributed by atoms with Crippen LogP contribution in [0.1, 0.15) is 53.9 Å². The first kappa shape index (κ1) is 16.8. The quantitative estimate of drug-likeness (QED) is 0.787. The second kappa shape index (κ2) is 6.95. The molecule has 2 amide bonds. The van der Waals surface area contributed by atoms with Crippen LogP contribution in [0.25, 0.3) is 0 Å². The molecule has 1 rings (SSSR count). The molecule has 5 heteroatoms. The molecule has 1 fully saturated rings. The molecule has 0 heterocycles. The number of rotatable bonds is 6. The molecular formula is C15H28N2O3. The number of hydrogen-bond acceptors (Lipinski definition) is 3. The molecule has 0 aromatic heterocycles. The Morgan fingerprint density at radius 3 is 2.30 bits per heavy atom. The van der Waals surface area contributed by atoms with Crippen LogP contribution in [0.3, 0.4) is 0 Å². The van der Waals surface area contributed by atoms with Crippen LogP contribution in [0.5, 0.6) is 0 Å². The summed E-state index contributed by atoms with van der Waals surface area (Å²) in [5.41, 5.74) is -0.561. The Morgan fingerprint density at radius 2 is 1.85 bits per heavy atom. The number of alkyl carbamates (subject to hydrolysis) is 1. The first-order valence-corrected chi connectivity index (χ1v) is 7.46. The van der Waals surface area contributed by atoms with E-state index in [0.29, 0.717) is 6.54 Å². The number of amides is 2. The summed E-state index contributed by atoms with van der Waals surface area (Å²) in [4.78, 5) is 23.9. The maximum absolute atomic E-state index is 12.1. The topological polar surface area (TPSA) is 67.4 Å². The van der Waals surface area contributed by atoms with Crippen molar-refractivity contribution in [2.24, 2.45) is 11.8 Å². The predicted molar refractivity (Wildman–Crippen MR) is 78.3 cm³/mol. The minimum absolute atomic E-state index is 0.0171. The molecule has 116 valence electrons. The molecule has 0 saturated heterocycles. The highest BCUT2D eigenvalue weighted by Crippen LogP contribution is 2.31. The first-order valence-electron chi connectivity index (χ1n) is 7.46. The van der Waals surface area contributed by atoms with Gasteiger partial charge in [-0.2, -0.15) is 0 Å². The Kier molecular flexibility index (Phi) is 5.84. The molecule has 5 nitrogen and oxygen atoms in total. The summed E-state index contributed by atoms with van der Waals surface area (Å²) in [6.45, 7) is 9.89. The summed E-state index contributed by atoms with van der Waals surface area (Å²) in [6, 6.07) is -0.552. The number of hydrogen-bond donors (Lipinski definition) is 2. The molecule has 1 unspecified atom stereocenters. The van der Waals surface area contributed by atoms with E-state index in [-0.39, 0.29) is 11.8 Å². The van der Waals surface area contributed by atoms with Crippen LogP contribution in [0.4, 0.5) is 4.79 Å². The monoisotopic (exact) mass is 284 g/mol. The van der Waals surface area contributed by atoms with Crippen molar-refractivity contribution in [2.45, 2.75) is 65.5 Å². The van der Waals surface area contributed by atoms with Gasteiger partial charge in [0, 0.05) is 6.54 Å². The van der Waals surface area contributed by atoms with Gasteiger partial charge in [-0.1, -0.05) is 26.7 Å². The van der Waals surface area contributed by atoms with E-state index in [1.807, 2.05) is 13.8 Å². The lowest BCUT2D eigenvalue weighted by Crippen LogP contribution is -2.51. The summed E-state index contributed by atoms with van der Waals surface area (Å²) in [7, 11) is 0. The SMILES string of the molecule is CC(C)C(NC(=O)OC(C)(C)C)C(=O)NCCC1CC1. The Balaban J connectivity index is 2.41. The second-order valence-electron chi connectivity index (χ2n) is 6.89. The molecule has 0 radical (unpaired) electrons. The van der Waals surface area contributed by atoms with E-state index < -0.39 is 17.7 Å². The van der Waals surface area contributed by atoms with Gasteiger partial charge >= 0.3 is 6.09 Å². The van der Waals surface area contributed by atoms with Gasteiger partial charge in [-0.15, -0.1) is 0 Å². The fourth-order valence-corrected chi connectivity index (χ4v) is 1.89. The number of ether oxygens (including phenoxy) is 1. The van der Waals surface area contributed by atoms with Crippen molar-refractivity contribution in [3.05, 3.63) is 0 Å². The Labute approximate surface area is 121 Å². The summed E-state index contributed by atoms with van der Waals surface area (Å²) in [6.07, 6.45) is 3.04. The summed E-state index contributed by atoms with van der Waals surface area (Å²) in [5, 5.41) is 5.55. The van der Waals surface area contributed by atoms with Gasteiger partial charge in [-0.05, 0) is 39.0 Å². The van der Waals surface area contributed by atoms with Crippen molar-refractivity contribution >= 4 is 12.0 Å². The molecule has 1 saturated carbocycles. The van der Waals surface area contributed by atoms with E-state index >= 15 is 0 Å². The molecule has 0 bridgehead atoms. The molecule has 0 spiro atoms. The lowest BCUT2D eigenvalue weighted by atomic mass is 10.0. The third-order valence-corrected chi connectivity index (χ3v) is 3.17. The minimum atomic E-state index is -0.561. The van der Waals surface area contributed by atoms with Crippen LogP contribution < -0.4 is 10.6 Å². The fraction of sp³-hybridized carbons (Fsp3) is 0.867. The van der Waals surface area contributed by atoms with Crippen LogP contribution in [-0.4, -0.2) is 30.2 Å². The highest BCUT2D eigenvalue weighted by molar-refractivity contribution is 5.85. The van der Waals surface area contributed by atoms with Crippen molar-refractivity contribution in [2.75, 3.05) is 6.54 Å². The average Bonchev–Trinajstić information content (AvgIpc) is 3.06. The summed E-state index contributed by atoms with van der Waals surface area (Å²) >= 11 is 0. The Bertz CT molecular complexity index is 344. The van der Waals surface area contributed by atoms with Gasteiger partial charge in [0.05, 0.1) is 0 Å². The van der Waals surface area contributed by atoms with E-state index in [9.17, 15) is 9.59 Å². The maximum Gasteiger partial charge on any atom is 0.408 e. The van der Waals surface area contributed by atoms with Crippen molar-refractivity contribution in [3.8, 4) is 0 Å². The molecule has 1 atom stereocenters. The molecule has 0 aromatic rings. The minimum Gasteiger partial charge on any atom is -0.444 e. The third-order valence-electron chi connectivity index (χ3n) is 3.17. The van der Waals surface area contributed by atoms with Gasteiger partial charge in [0.15, 0.2) is 0 Å². The molecule has 0 aliphatic heterocycles. The van der Waals surface area contributed by atoms with Crippen molar-refractivity contribution in [1.29, 1.82) is 0 Å². The molecule has 0 aromatic carbocycles. The fourth-order valence-electron chi connectivity index (χ4n) is 1.89. The van der Waals surface area contributed by atoms with Crippen LogP contribution in [0.15, 0.2) is 0 Å². The lowest BCUT2D eigenvalue weighted by Gasteiger charge is -2.25. The van der Waals surface area contributed by atoms with E-state index in [0.717, 1.165) is 12.3 Å². The Morgan fingerprint density at radius 1 is 1.25 bits per heavy atom. The van der Waals surface area contributed by atoms with Crippen LogP contribution >= 0.6 is 0 Å². The smallest absolute Gasteiger partial charge is 0.408 e.